The summed E-state index contributed by atoms with van der Waals surface area (Å²) in [4.78, 5) is 16.8. The highest BCUT2D eigenvalue weighted by Crippen LogP contribution is 2.37. The monoisotopic (exact) mass is 512 g/mol. The fourth-order valence-corrected chi connectivity index (χ4v) is 5.08. The summed E-state index contributed by atoms with van der Waals surface area (Å²) in [7, 11) is -3.34. The van der Waals surface area contributed by atoms with Crippen LogP contribution in [0, 0.1) is 0 Å². The predicted molar refractivity (Wildman–Crippen MR) is 150 cm³/mol. The number of aromatic nitrogens is 1. The summed E-state index contributed by atoms with van der Waals surface area (Å²) in [6.45, 7) is 3.49. The molecular formula is C31H32N2O3S. The average molecular weight is 513 g/mol. The molecule has 0 spiro atoms. The molecule has 0 saturated heterocycles. The number of nitrogens with zero attached hydrogens (tertiary/aromatic N) is 1. The minimum atomic E-state index is -3.34. The summed E-state index contributed by atoms with van der Waals surface area (Å²) in [5.74, 6) is 0.117. The molecule has 1 amide bonds. The smallest absolute Gasteiger partial charge is 0.220 e. The van der Waals surface area contributed by atoms with E-state index in [1.165, 1.54) is 6.26 Å². The molecule has 0 bridgehead atoms. The van der Waals surface area contributed by atoms with Crippen molar-refractivity contribution in [1.29, 1.82) is 0 Å². The highest BCUT2D eigenvalue weighted by molar-refractivity contribution is 7.91. The van der Waals surface area contributed by atoms with Gasteiger partial charge in [0.05, 0.1) is 10.3 Å². The van der Waals surface area contributed by atoms with Crippen molar-refractivity contribution in [2.75, 3.05) is 6.26 Å². The van der Waals surface area contributed by atoms with Crippen LogP contribution in [0.4, 0.5) is 0 Å². The normalized spacial score (nSPS) is 14.0. The van der Waals surface area contributed by atoms with E-state index in [0.29, 0.717) is 18.9 Å². The maximum Gasteiger partial charge on any atom is 0.220 e. The number of hydrogen-bond donors (Lipinski definition) is 1. The third-order valence-corrected chi connectivity index (χ3v) is 9.43. The standard InChI is InChI=1S/C31H32N2O3S/c1-31(2,37(3,35)36)26-19-25-11-6-16-32-30(25)28(20-26)24-10-5-9-23(18-24)22-8-4-7-21(17-22)12-15-29(34)33-27-13-14-27/h4-11,16-20,27H,12-15H2,1-3H3,(H,33,34). The van der Waals surface area contributed by atoms with E-state index >= 15 is 0 Å². The highest BCUT2D eigenvalue weighted by atomic mass is 32.2. The number of benzene rings is 3. The van der Waals surface area contributed by atoms with Gasteiger partial charge < -0.3 is 5.32 Å². The molecule has 1 saturated carbocycles. The van der Waals surface area contributed by atoms with Gasteiger partial charge >= 0.3 is 0 Å². The van der Waals surface area contributed by atoms with E-state index in [4.69, 9.17) is 0 Å². The number of hydrogen-bond acceptors (Lipinski definition) is 4. The lowest BCUT2D eigenvalue weighted by atomic mass is 9.92. The zero-order valence-electron chi connectivity index (χ0n) is 21.5. The van der Waals surface area contributed by atoms with Crippen molar-refractivity contribution in [3.05, 3.63) is 90.1 Å². The molecule has 6 heteroatoms. The summed E-state index contributed by atoms with van der Waals surface area (Å²) in [5, 5.41) is 3.96. The molecule has 1 aromatic heterocycles. The summed E-state index contributed by atoms with van der Waals surface area (Å²) < 4.78 is 24.2. The van der Waals surface area contributed by atoms with Gasteiger partial charge in [0, 0.05) is 35.9 Å². The van der Waals surface area contributed by atoms with Crippen LogP contribution in [0.3, 0.4) is 0 Å². The Balaban J connectivity index is 1.50. The van der Waals surface area contributed by atoms with E-state index in [1.807, 2.05) is 42.5 Å². The molecule has 5 nitrogen and oxygen atoms in total. The number of fused-ring (bicyclic) bond motifs is 1. The Bertz CT molecular complexity index is 1590. The van der Waals surface area contributed by atoms with Gasteiger partial charge in [-0.15, -0.1) is 0 Å². The SMILES string of the molecule is CC(C)(c1cc(-c2cccc(-c3cccc(CCC(=O)NC4CC4)c3)c2)c2ncccc2c1)S(C)(=O)=O. The van der Waals surface area contributed by atoms with Crippen molar-refractivity contribution in [3.8, 4) is 22.3 Å². The van der Waals surface area contributed by atoms with Crippen LogP contribution in [0.25, 0.3) is 33.2 Å². The molecule has 1 N–H and O–H groups in total. The average Bonchev–Trinajstić information content (AvgIpc) is 3.70. The maximum atomic E-state index is 12.6. The minimum Gasteiger partial charge on any atom is -0.353 e. The second-order valence-corrected chi connectivity index (χ2v) is 13.1. The van der Waals surface area contributed by atoms with Crippen molar-refractivity contribution in [2.45, 2.75) is 50.3 Å². The van der Waals surface area contributed by atoms with Crippen molar-refractivity contribution in [3.63, 3.8) is 0 Å². The Hall–Kier alpha value is -3.51. The van der Waals surface area contributed by atoms with Crippen LogP contribution >= 0.6 is 0 Å². The molecule has 190 valence electrons. The Labute approximate surface area is 218 Å². The summed E-state index contributed by atoms with van der Waals surface area (Å²) >= 11 is 0. The molecule has 1 heterocycles. The molecule has 3 aromatic carbocycles. The number of sulfone groups is 1. The molecule has 4 aromatic rings. The number of pyridine rings is 1. The van der Waals surface area contributed by atoms with Crippen LogP contribution in [-0.4, -0.2) is 31.6 Å². The van der Waals surface area contributed by atoms with Crippen molar-refractivity contribution in [2.24, 2.45) is 0 Å². The number of carbonyl (C=O) groups excluding carboxylic acids is 1. The molecule has 5 rings (SSSR count). The summed E-state index contributed by atoms with van der Waals surface area (Å²) in [6.07, 6.45) is 6.42. The lowest BCUT2D eigenvalue weighted by molar-refractivity contribution is -0.121. The lowest BCUT2D eigenvalue weighted by Crippen LogP contribution is -2.28. The summed E-state index contributed by atoms with van der Waals surface area (Å²) in [5.41, 5.74) is 6.70. The topological polar surface area (TPSA) is 76.1 Å². The third kappa shape index (κ3) is 5.44. The number of rotatable bonds is 8. The quantitative estimate of drug-likeness (QED) is 0.311. The van der Waals surface area contributed by atoms with E-state index in [2.05, 4.69) is 40.6 Å². The van der Waals surface area contributed by atoms with Gasteiger partial charge in [0.2, 0.25) is 5.91 Å². The van der Waals surface area contributed by atoms with Gasteiger partial charge in [-0.05, 0) is 85.2 Å². The first kappa shape index (κ1) is 25.2. The minimum absolute atomic E-state index is 0.117. The van der Waals surface area contributed by atoms with Gasteiger partial charge in [0.25, 0.3) is 0 Å². The second-order valence-electron chi connectivity index (χ2n) is 10.5. The Morgan fingerprint density at radius 2 is 1.65 bits per heavy atom. The fourth-order valence-electron chi connectivity index (χ4n) is 4.53. The van der Waals surface area contributed by atoms with Crippen LogP contribution < -0.4 is 5.32 Å². The molecule has 37 heavy (non-hydrogen) atoms. The van der Waals surface area contributed by atoms with Crippen LogP contribution in [0.5, 0.6) is 0 Å². The van der Waals surface area contributed by atoms with Gasteiger partial charge in [-0.1, -0.05) is 48.5 Å². The van der Waals surface area contributed by atoms with Crippen LogP contribution in [0.2, 0.25) is 0 Å². The van der Waals surface area contributed by atoms with Crippen LogP contribution in [-0.2, 0) is 25.8 Å². The molecule has 0 unspecified atom stereocenters. The van der Waals surface area contributed by atoms with Gasteiger partial charge in [-0.2, -0.15) is 0 Å². The van der Waals surface area contributed by atoms with Crippen molar-refractivity contribution in [1.82, 2.24) is 10.3 Å². The Kier molecular flexibility index (Phi) is 6.63. The van der Waals surface area contributed by atoms with Crippen LogP contribution in [0.15, 0.2) is 79.0 Å². The maximum absolute atomic E-state index is 12.6. The predicted octanol–water partition coefficient (Wildman–Crippen LogP) is 6.06. The number of amides is 1. The summed E-state index contributed by atoms with van der Waals surface area (Å²) in [6, 6.07) is 24.7. The fraction of sp³-hybridized carbons (Fsp3) is 0.290. The van der Waals surface area contributed by atoms with Crippen LogP contribution in [0.1, 0.15) is 44.2 Å². The van der Waals surface area contributed by atoms with E-state index in [-0.39, 0.29) is 5.91 Å². The number of nitrogens with one attached hydrogen (secondary N) is 1. The molecular weight excluding hydrogens is 480 g/mol. The van der Waals surface area contributed by atoms with Crippen molar-refractivity contribution < 1.29 is 13.2 Å². The molecule has 1 aliphatic carbocycles. The lowest BCUT2D eigenvalue weighted by Gasteiger charge is -2.24. The van der Waals surface area contributed by atoms with E-state index < -0.39 is 14.6 Å². The molecule has 0 radical (unpaired) electrons. The Morgan fingerprint density at radius 1 is 0.946 bits per heavy atom. The highest BCUT2D eigenvalue weighted by Gasteiger charge is 2.33. The van der Waals surface area contributed by atoms with E-state index in [1.54, 1.807) is 20.0 Å². The number of carbonyl (C=O) groups is 1. The molecule has 0 atom stereocenters. The first-order valence-corrected chi connectivity index (χ1v) is 14.6. The third-order valence-electron chi connectivity index (χ3n) is 7.34. The van der Waals surface area contributed by atoms with Crippen molar-refractivity contribution >= 4 is 26.6 Å². The molecule has 1 fully saturated rings. The first-order valence-electron chi connectivity index (χ1n) is 12.7. The van der Waals surface area contributed by atoms with E-state index in [0.717, 1.165) is 57.1 Å². The molecule has 0 aliphatic heterocycles. The Morgan fingerprint density at radius 3 is 2.38 bits per heavy atom. The number of aryl methyl sites for hydroxylation is 1. The van der Waals surface area contributed by atoms with Gasteiger partial charge in [-0.3, -0.25) is 9.78 Å². The van der Waals surface area contributed by atoms with E-state index in [9.17, 15) is 13.2 Å². The molecule has 1 aliphatic rings. The zero-order valence-corrected chi connectivity index (χ0v) is 22.3. The largest absolute Gasteiger partial charge is 0.353 e. The van der Waals surface area contributed by atoms with Gasteiger partial charge in [0.1, 0.15) is 0 Å². The second kappa shape index (κ2) is 9.75. The van der Waals surface area contributed by atoms with Gasteiger partial charge in [0.15, 0.2) is 9.84 Å². The first-order chi connectivity index (χ1) is 17.6. The van der Waals surface area contributed by atoms with Gasteiger partial charge in [-0.25, -0.2) is 8.42 Å². The zero-order chi connectivity index (χ0) is 26.2.